The number of fused-ring (bicyclic) bond motifs is 1. The van der Waals surface area contributed by atoms with Crippen LogP contribution in [-0.2, 0) is 13.0 Å². The first-order chi connectivity index (χ1) is 9.88. The fourth-order valence-corrected chi connectivity index (χ4v) is 2.51. The van der Waals surface area contributed by atoms with E-state index in [-0.39, 0.29) is 0 Å². The number of aromatic nitrogens is 1. The van der Waals surface area contributed by atoms with Crippen molar-refractivity contribution in [3.63, 3.8) is 0 Å². The molecule has 0 aliphatic rings. The molecule has 3 rings (SSSR count). The molecule has 2 aromatic carbocycles. The Bertz CT molecular complexity index is 770. The second-order valence-corrected chi connectivity index (χ2v) is 4.82. The van der Waals surface area contributed by atoms with Gasteiger partial charge >= 0.3 is 0 Å². The van der Waals surface area contributed by atoms with Crippen LogP contribution in [0.2, 0.25) is 0 Å². The lowest BCUT2D eigenvalue weighted by molar-refractivity contribution is 0.878. The monoisotopic (exact) mass is 259 g/mol. The largest absolute Gasteiger partial charge is 0.336 e. The summed E-state index contributed by atoms with van der Waals surface area (Å²) in [6.45, 7) is 2.93. The van der Waals surface area contributed by atoms with Gasteiger partial charge in [-0.1, -0.05) is 55.2 Å². The van der Waals surface area contributed by atoms with Gasteiger partial charge in [0.15, 0.2) is 0 Å². The van der Waals surface area contributed by atoms with E-state index in [0.717, 1.165) is 18.5 Å². The van der Waals surface area contributed by atoms with E-state index < -0.39 is 0 Å². The molecule has 0 saturated heterocycles. The molecule has 3 aromatic rings. The highest BCUT2D eigenvalue weighted by molar-refractivity contribution is 5.83. The van der Waals surface area contributed by atoms with Crippen LogP contribution in [0.3, 0.4) is 0 Å². The maximum Gasteiger partial charge on any atom is 0.0841 e. The van der Waals surface area contributed by atoms with E-state index in [1.165, 1.54) is 16.5 Å². The van der Waals surface area contributed by atoms with Gasteiger partial charge in [0.05, 0.1) is 12.1 Å². The average Bonchev–Trinajstić information content (AvgIpc) is 2.92. The van der Waals surface area contributed by atoms with Crippen LogP contribution >= 0.6 is 0 Å². The van der Waals surface area contributed by atoms with Crippen molar-refractivity contribution in [1.82, 2.24) is 4.57 Å². The van der Waals surface area contributed by atoms with Crippen LogP contribution in [-0.4, -0.2) is 4.57 Å². The zero-order chi connectivity index (χ0) is 13.8. The number of rotatable bonds is 2. The molecule has 1 heteroatoms. The summed E-state index contributed by atoms with van der Waals surface area (Å²) in [4.78, 5) is 0. The molecular formula is C19H17N. The first-order valence-corrected chi connectivity index (χ1v) is 6.99. The molecule has 0 fully saturated rings. The molecule has 0 bridgehead atoms. The zero-order valence-corrected chi connectivity index (χ0v) is 11.6. The first kappa shape index (κ1) is 12.6. The molecule has 0 aliphatic heterocycles. The van der Waals surface area contributed by atoms with Gasteiger partial charge in [-0.15, -0.1) is 0 Å². The molecule has 20 heavy (non-hydrogen) atoms. The van der Waals surface area contributed by atoms with E-state index >= 15 is 0 Å². The minimum atomic E-state index is 0.732. The van der Waals surface area contributed by atoms with Gasteiger partial charge in [-0.05, 0) is 35.6 Å². The molecule has 0 saturated carbocycles. The van der Waals surface area contributed by atoms with Crippen LogP contribution in [0.1, 0.15) is 18.1 Å². The summed E-state index contributed by atoms with van der Waals surface area (Å²) < 4.78 is 2.24. The summed E-state index contributed by atoms with van der Waals surface area (Å²) in [5, 5.41) is 1.30. The Morgan fingerprint density at radius 1 is 0.950 bits per heavy atom. The number of hydrogen-bond acceptors (Lipinski definition) is 0. The fourth-order valence-electron chi connectivity index (χ4n) is 2.51. The average molecular weight is 259 g/mol. The topological polar surface area (TPSA) is 4.93 Å². The Hall–Kier alpha value is -2.46. The Morgan fingerprint density at radius 3 is 2.60 bits per heavy atom. The second kappa shape index (κ2) is 5.67. The van der Waals surface area contributed by atoms with Crippen molar-refractivity contribution in [1.29, 1.82) is 0 Å². The Labute approximate surface area is 119 Å². The van der Waals surface area contributed by atoms with Gasteiger partial charge < -0.3 is 4.57 Å². The smallest absolute Gasteiger partial charge is 0.0841 e. The van der Waals surface area contributed by atoms with E-state index in [9.17, 15) is 0 Å². The summed E-state index contributed by atoms with van der Waals surface area (Å²) in [5.74, 6) is 6.47. The zero-order valence-electron chi connectivity index (χ0n) is 11.6. The van der Waals surface area contributed by atoms with E-state index in [2.05, 4.69) is 53.8 Å². The number of nitrogens with zero attached hydrogens (tertiary/aromatic N) is 1. The third kappa shape index (κ3) is 2.46. The maximum atomic E-state index is 3.26. The number of para-hydroxylation sites is 1. The summed E-state index contributed by atoms with van der Waals surface area (Å²) in [6.07, 6.45) is 3.18. The maximum absolute atomic E-state index is 3.26. The summed E-state index contributed by atoms with van der Waals surface area (Å²) in [5.41, 5.74) is 3.77. The van der Waals surface area contributed by atoms with Crippen LogP contribution in [0.4, 0.5) is 0 Å². The quantitative estimate of drug-likeness (QED) is 0.606. The fraction of sp³-hybridized carbons (Fsp3) is 0.158. The van der Waals surface area contributed by atoms with Gasteiger partial charge in [0.2, 0.25) is 0 Å². The number of benzene rings is 2. The molecule has 1 nitrogen and oxygen atoms in total. The normalized spacial score (nSPS) is 10.2. The van der Waals surface area contributed by atoms with Gasteiger partial charge in [0.1, 0.15) is 0 Å². The minimum absolute atomic E-state index is 0.732. The summed E-state index contributed by atoms with van der Waals surface area (Å²) in [7, 11) is 0. The van der Waals surface area contributed by atoms with Gasteiger partial charge in [-0.25, -0.2) is 0 Å². The standard InChI is InChI=1S/C19H17N/c1-2-17-11-6-12-18-13-15-20(19(17)18)14-7-10-16-8-4-3-5-9-16/h3-6,8-9,11-13,15H,2,14H2,1H3. The van der Waals surface area contributed by atoms with Gasteiger partial charge in [0.25, 0.3) is 0 Å². The molecule has 1 aromatic heterocycles. The van der Waals surface area contributed by atoms with Crippen LogP contribution in [0.5, 0.6) is 0 Å². The van der Waals surface area contributed by atoms with Crippen LogP contribution in [0.25, 0.3) is 10.9 Å². The lowest BCUT2D eigenvalue weighted by atomic mass is 10.1. The van der Waals surface area contributed by atoms with Crippen molar-refractivity contribution in [3.8, 4) is 11.8 Å². The lowest BCUT2D eigenvalue weighted by Crippen LogP contribution is -1.96. The van der Waals surface area contributed by atoms with E-state index in [4.69, 9.17) is 0 Å². The Morgan fingerprint density at radius 2 is 1.80 bits per heavy atom. The second-order valence-electron chi connectivity index (χ2n) is 4.82. The molecule has 0 aliphatic carbocycles. The van der Waals surface area contributed by atoms with Crippen molar-refractivity contribution in [2.75, 3.05) is 0 Å². The third-order valence-electron chi connectivity index (χ3n) is 3.51. The SMILES string of the molecule is CCc1cccc2ccn(CC#Cc3ccccc3)c12. The van der Waals surface area contributed by atoms with Gasteiger partial charge in [0, 0.05) is 11.8 Å². The first-order valence-electron chi connectivity index (χ1n) is 6.99. The predicted molar refractivity (Wildman–Crippen MR) is 84.6 cm³/mol. The Balaban J connectivity index is 1.91. The van der Waals surface area contributed by atoms with Crippen molar-refractivity contribution in [2.45, 2.75) is 19.9 Å². The molecule has 0 unspecified atom stereocenters. The number of hydrogen-bond donors (Lipinski definition) is 0. The van der Waals surface area contributed by atoms with Crippen molar-refractivity contribution < 1.29 is 0 Å². The Kier molecular flexibility index (Phi) is 3.56. The lowest BCUT2D eigenvalue weighted by Gasteiger charge is -2.05. The van der Waals surface area contributed by atoms with Crippen LogP contribution < -0.4 is 0 Å². The van der Waals surface area contributed by atoms with Crippen LogP contribution in [0.15, 0.2) is 60.8 Å². The predicted octanol–water partition coefficient (Wildman–Crippen LogP) is 4.26. The molecule has 0 atom stereocenters. The minimum Gasteiger partial charge on any atom is -0.336 e. The molecule has 0 amide bonds. The van der Waals surface area contributed by atoms with Crippen molar-refractivity contribution in [3.05, 3.63) is 71.9 Å². The highest BCUT2D eigenvalue weighted by Crippen LogP contribution is 2.20. The van der Waals surface area contributed by atoms with E-state index in [1.807, 2.05) is 30.3 Å². The molecule has 0 spiro atoms. The van der Waals surface area contributed by atoms with E-state index in [0.29, 0.717) is 0 Å². The molecular weight excluding hydrogens is 242 g/mol. The molecule has 0 radical (unpaired) electrons. The highest BCUT2D eigenvalue weighted by atomic mass is 14.9. The van der Waals surface area contributed by atoms with Crippen molar-refractivity contribution in [2.24, 2.45) is 0 Å². The van der Waals surface area contributed by atoms with Crippen LogP contribution in [0, 0.1) is 11.8 Å². The van der Waals surface area contributed by atoms with Gasteiger partial charge in [-0.3, -0.25) is 0 Å². The molecule has 1 heterocycles. The summed E-state index contributed by atoms with van der Waals surface area (Å²) >= 11 is 0. The number of aryl methyl sites for hydroxylation is 1. The summed E-state index contributed by atoms with van der Waals surface area (Å²) in [6, 6.07) is 18.8. The molecule has 98 valence electrons. The van der Waals surface area contributed by atoms with Crippen molar-refractivity contribution >= 4 is 10.9 Å². The third-order valence-corrected chi connectivity index (χ3v) is 3.51. The highest BCUT2D eigenvalue weighted by Gasteiger charge is 2.03. The van der Waals surface area contributed by atoms with E-state index in [1.54, 1.807) is 0 Å². The van der Waals surface area contributed by atoms with Gasteiger partial charge in [-0.2, -0.15) is 0 Å². The molecule has 0 N–H and O–H groups in total.